The molecule has 1 aromatic heterocycles. The van der Waals surface area contributed by atoms with E-state index in [1.807, 2.05) is 48.5 Å². The summed E-state index contributed by atoms with van der Waals surface area (Å²) in [5.41, 5.74) is 4.12. The number of hydrogen-bond donors (Lipinski definition) is 2. The molecular weight excluding hydrogens is 326 g/mol. The number of hydrogen-bond acceptors (Lipinski definition) is 3. The monoisotopic (exact) mass is 347 g/mol. The van der Waals surface area contributed by atoms with Gasteiger partial charge in [0.2, 0.25) is 5.91 Å². The van der Waals surface area contributed by atoms with Crippen molar-refractivity contribution in [2.45, 2.75) is 38.0 Å². The molecule has 3 unspecified atom stereocenters. The van der Waals surface area contributed by atoms with Crippen molar-refractivity contribution in [2.75, 3.05) is 0 Å². The van der Waals surface area contributed by atoms with Crippen molar-refractivity contribution in [1.29, 1.82) is 0 Å². The number of aromatic nitrogens is 2. The molecule has 3 aromatic rings. The number of benzene rings is 2. The Kier molecular flexibility index (Phi) is 3.75. The lowest BCUT2D eigenvalue weighted by molar-refractivity contribution is -0.126. The van der Waals surface area contributed by atoms with Gasteiger partial charge in [-0.15, -0.1) is 0 Å². The average Bonchev–Trinajstić information content (AvgIpc) is 3.41. The maximum absolute atomic E-state index is 12.4. The van der Waals surface area contributed by atoms with Crippen LogP contribution in [0.3, 0.4) is 0 Å². The lowest BCUT2D eigenvalue weighted by Gasteiger charge is -2.18. The zero-order valence-electron chi connectivity index (χ0n) is 14.4. The number of imidazole rings is 1. The minimum atomic E-state index is 0.0311. The van der Waals surface area contributed by atoms with E-state index in [-0.39, 0.29) is 17.9 Å². The van der Waals surface area contributed by atoms with Crippen LogP contribution in [0.4, 0.5) is 0 Å². The van der Waals surface area contributed by atoms with E-state index in [2.05, 4.69) is 15.3 Å². The van der Waals surface area contributed by atoms with Crippen LogP contribution in [0.15, 0.2) is 48.5 Å². The Hall–Kier alpha value is -2.66. The van der Waals surface area contributed by atoms with Gasteiger partial charge in [-0.05, 0) is 37.0 Å². The minimum absolute atomic E-state index is 0.0311. The number of carbonyl (C=O) groups excluding carboxylic acids is 1. The third-order valence-electron chi connectivity index (χ3n) is 5.53. The molecule has 132 valence electrons. The summed E-state index contributed by atoms with van der Waals surface area (Å²) in [4.78, 5) is 20.4. The largest absolute Gasteiger partial charge is 0.374 e. The van der Waals surface area contributed by atoms with Gasteiger partial charge in [-0.1, -0.05) is 36.4 Å². The molecule has 3 atom stereocenters. The summed E-state index contributed by atoms with van der Waals surface area (Å²) < 4.78 is 5.78. The fraction of sp³-hybridized carbons (Fsp3) is 0.333. The first kappa shape index (κ1) is 15.6. The average molecular weight is 347 g/mol. The molecular formula is C21H21N3O2. The molecule has 0 saturated carbocycles. The highest BCUT2D eigenvalue weighted by molar-refractivity contribution is 5.80. The quantitative estimate of drug-likeness (QED) is 0.760. The highest BCUT2D eigenvalue weighted by Crippen LogP contribution is 2.38. The van der Waals surface area contributed by atoms with Gasteiger partial charge in [0.05, 0.1) is 29.2 Å². The lowest BCUT2D eigenvalue weighted by Crippen LogP contribution is -2.35. The van der Waals surface area contributed by atoms with Crippen molar-refractivity contribution in [3.05, 3.63) is 54.1 Å². The van der Waals surface area contributed by atoms with Gasteiger partial charge < -0.3 is 15.0 Å². The first-order valence-corrected chi connectivity index (χ1v) is 9.23. The Balaban J connectivity index is 1.24. The summed E-state index contributed by atoms with van der Waals surface area (Å²) in [7, 11) is 0. The number of amides is 1. The third-order valence-corrected chi connectivity index (χ3v) is 5.53. The summed E-state index contributed by atoms with van der Waals surface area (Å²) in [6, 6.07) is 16.2. The Morgan fingerprint density at radius 2 is 2.00 bits per heavy atom. The molecule has 5 heteroatoms. The van der Waals surface area contributed by atoms with Crippen LogP contribution in [0.2, 0.25) is 0 Å². The molecule has 2 bridgehead atoms. The second-order valence-corrected chi connectivity index (χ2v) is 7.23. The maximum Gasteiger partial charge on any atom is 0.226 e. The Morgan fingerprint density at radius 3 is 2.73 bits per heavy atom. The van der Waals surface area contributed by atoms with Crippen molar-refractivity contribution >= 4 is 16.9 Å². The van der Waals surface area contributed by atoms with Crippen LogP contribution in [-0.2, 0) is 16.1 Å². The number of ether oxygens (including phenoxy) is 1. The van der Waals surface area contributed by atoms with E-state index in [9.17, 15) is 4.79 Å². The van der Waals surface area contributed by atoms with Gasteiger partial charge >= 0.3 is 0 Å². The van der Waals surface area contributed by atoms with E-state index in [1.54, 1.807) is 0 Å². The van der Waals surface area contributed by atoms with Crippen LogP contribution in [0, 0.1) is 5.92 Å². The highest BCUT2D eigenvalue weighted by atomic mass is 16.5. The number of nitrogens with zero attached hydrogens (tertiary/aromatic N) is 1. The first-order chi connectivity index (χ1) is 12.8. The molecule has 5 rings (SSSR count). The van der Waals surface area contributed by atoms with Crippen molar-refractivity contribution in [3.8, 4) is 11.4 Å². The fourth-order valence-electron chi connectivity index (χ4n) is 4.10. The van der Waals surface area contributed by atoms with E-state index >= 15 is 0 Å². The van der Waals surface area contributed by atoms with Crippen molar-refractivity contribution in [1.82, 2.24) is 15.3 Å². The fourth-order valence-corrected chi connectivity index (χ4v) is 4.10. The maximum atomic E-state index is 12.4. The van der Waals surface area contributed by atoms with E-state index in [0.29, 0.717) is 12.6 Å². The van der Waals surface area contributed by atoms with Crippen LogP contribution < -0.4 is 5.32 Å². The zero-order chi connectivity index (χ0) is 17.5. The molecule has 2 aliphatic rings. The molecule has 26 heavy (non-hydrogen) atoms. The lowest BCUT2D eigenvalue weighted by atomic mass is 9.88. The van der Waals surface area contributed by atoms with Crippen LogP contribution in [0.5, 0.6) is 0 Å². The highest BCUT2D eigenvalue weighted by Gasteiger charge is 2.44. The number of carbonyl (C=O) groups is 1. The van der Waals surface area contributed by atoms with Crippen LogP contribution in [-0.4, -0.2) is 28.1 Å². The first-order valence-electron chi connectivity index (χ1n) is 9.23. The SMILES string of the molecule is O=C(NCc1ccc(-c2nc3ccccc3[nH]2)cc1)C1CC2CCC1O2. The molecule has 5 nitrogen and oxygen atoms in total. The van der Waals surface area contributed by atoms with Crippen molar-refractivity contribution < 1.29 is 9.53 Å². The molecule has 0 spiro atoms. The van der Waals surface area contributed by atoms with Crippen LogP contribution >= 0.6 is 0 Å². The summed E-state index contributed by atoms with van der Waals surface area (Å²) in [5.74, 6) is 1.02. The second-order valence-electron chi connectivity index (χ2n) is 7.23. The summed E-state index contributed by atoms with van der Waals surface area (Å²) in [6.07, 6.45) is 3.45. The molecule has 2 N–H and O–H groups in total. The third kappa shape index (κ3) is 2.78. The zero-order valence-corrected chi connectivity index (χ0v) is 14.4. The normalized spacial score (nSPS) is 24.2. The Labute approximate surface area is 151 Å². The smallest absolute Gasteiger partial charge is 0.226 e. The van der Waals surface area contributed by atoms with Gasteiger partial charge in [0.1, 0.15) is 5.82 Å². The number of nitrogens with one attached hydrogen (secondary N) is 2. The number of aromatic amines is 1. The van der Waals surface area contributed by atoms with E-state index < -0.39 is 0 Å². The van der Waals surface area contributed by atoms with Crippen molar-refractivity contribution in [3.63, 3.8) is 0 Å². The molecule has 2 saturated heterocycles. The number of fused-ring (bicyclic) bond motifs is 3. The van der Waals surface area contributed by atoms with E-state index in [4.69, 9.17) is 4.74 Å². The van der Waals surface area contributed by atoms with Crippen LogP contribution in [0.25, 0.3) is 22.4 Å². The molecule has 2 aliphatic heterocycles. The van der Waals surface area contributed by atoms with Gasteiger partial charge in [-0.2, -0.15) is 0 Å². The number of H-pyrrole nitrogens is 1. The summed E-state index contributed by atoms with van der Waals surface area (Å²) in [5, 5.41) is 3.06. The molecule has 3 heterocycles. The molecule has 0 aliphatic carbocycles. The Morgan fingerprint density at radius 1 is 1.15 bits per heavy atom. The molecule has 1 amide bonds. The van der Waals surface area contributed by atoms with E-state index in [0.717, 1.165) is 47.2 Å². The predicted octanol–water partition coefficient (Wildman–Crippen LogP) is 3.41. The molecule has 2 aromatic carbocycles. The van der Waals surface area contributed by atoms with Gasteiger partial charge in [0.25, 0.3) is 0 Å². The van der Waals surface area contributed by atoms with Gasteiger partial charge in [-0.3, -0.25) is 4.79 Å². The minimum Gasteiger partial charge on any atom is -0.374 e. The topological polar surface area (TPSA) is 67.0 Å². The predicted molar refractivity (Wildman–Crippen MR) is 99.4 cm³/mol. The van der Waals surface area contributed by atoms with Gasteiger partial charge in [0, 0.05) is 12.1 Å². The van der Waals surface area contributed by atoms with Crippen LogP contribution in [0.1, 0.15) is 24.8 Å². The second kappa shape index (κ2) is 6.25. The Bertz CT molecular complexity index is 914. The number of rotatable bonds is 4. The molecule has 0 radical (unpaired) electrons. The summed E-state index contributed by atoms with van der Waals surface area (Å²) >= 11 is 0. The van der Waals surface area contributed by atoms with Crippen molar-refractivity contribution in [2.24, 2.45) is 5.92 Å². The number of para-hydroxylation sites is 2. The van der Waals surface area contributed by atoms with Gasteiger partial charge in [0.15, 0.2) is 0 Å². The van der Waals surface area contributed by atoms with E-state index in [1.165, 1.54) is 0 Å². The molecule has 2 fully saturated rings. The standard InChI is InChI=1S/C21H21N3O2/c25-21(16-11-15-9-10-19(16)26-15)22-12-13-5-7-14(8-6-13)20-23-17-3-1-2-4-18(17)24-20/h1-8,15-16,19H,9-12H2,(H,22,25)(H,23,24). The van der Waals surface area contributed by atoms with Gasteiger partial charge in [-0.25, -0.2) is 4.98 Å². The summed E-state index contributed by atoms with van der Waals surface area (Å²) in [6.45, 7) is 0.549.